The predicted octanol–water partition coefficient (Wildman–Crippen LogP) is 5.24. The molecule has 0 unspecified atom stereocenters. The van der Waals surface area contributed by atoms with Gasteiger partial charge in [0.15, 0.2) is 0 Å². The van der Waals surface area contributed by atoms with Gasteiger partial charge in [0.25, 0.3) is 18.3 Å². The van der Waals surface area contributed by atoms with Crippen molar-refractivity contribution in [3.8, 4) is 28.7 Å². The highest BCUT2D eigenvalue weighted by Crippen LogP contribution is 2.34. The number of carbonyl (C=O) groups is 4. The topological polar surface area (TPSA) is 171 Å². The van der Waals surface area contributed by atoms with Crippen molar-refractivity contribution in [3.05, 3.63) is 101 Å². The van der Waals surface area contributed by atoms with Crippen LogP contribution in [0.25, 0.3) is 0 Å². The normalized spacial score (nSPS) is 10.4. The van der Waals surface area contributed by atoms with Gasteiger partial charge in [0.05, 0.1) is 16.9 Å². The van der Waals surface area contributed by atoms with E-state index in [1.54, 1.807) is 13.8 Å². The average Bonchev–Trinajstić information content (AvgIpc) is 2.93. The number of aryl methyl sites for hydroxylation is 2. The highest BCUT2D eigenvalue weighted by atomic mass is 16.5. The molecule has 41 heavy (non-hydrogen) atoms. The van der Waals surface area contributed by atoms with Crippen LogP contribution in [0.3, 0.4) is 0 Å². The van der Waals surface area contributed by atoms with Crippen molar-refractivity contribution in [3.63, 3.8) is 0 Å². The third kappa shape index (κ3) is 6.60. The zero-order chi connectivity index (χ0) is 29.7. The van der Waals surface area contributed by atoms with Gasteiger partial charge in [-0.05, 0) is 85.6 Å². The Morgan fingerprint density at radius 2 is 1.22 bits per heavy atom. The van der Waals surface area contributed by atoms with Crippen LogP contribution in [-0.2, 0) is 4.79 Å². The Balaban J connectivity index is 1.49. The first-order valence-corrected chi connectivity index (χ1v) is 12.1. The summed E-state index contributed by atoms with van der Waals surface area (Å²) < 4.78 is 10.7. The van der Waals surface area contributed by atoms with Crippen LogP contribution in [0.5, 0.6) is 28.7 Å². The van der Waals surface area contributed by atoms with Gasteiger partial charge in [0.1, 0.15) is 28.7 Å². The lowest BCUT2D eigenvalue weighted by Gasteiger charge is -2.13. The lowest BCUT2D eigenvalue weighted by atomic mass is 10.0. The molecule has 11 nitrogen and oxygen atoms in total. The summed E-state index contributed by atoms with van der Waals surface area (Å²) in [4.78, 5) is 47.3. The summed E-state index contributed by atoms with van der Waals surface area (Å²) in [6, 6.07) is 16.9. The summed E-state index contributed by atoms with van der Waals surface area (Å²) in [6.07, 6.45) is 0. The molecule has 0 atom stereocenters. The number of anilines is 2. The Morgan fingerprint density at radius 1 is 0.707 bits per heavy atom. The van der Waals surface area contributed by atoms with Crippen molar-refractivity contribution in [1.82, 2.24) is 0 Å². The minimum absolute atomic E-state index is 0.0390. The van der Waals surface area contributed by atoms with Gasteiger partial charge in [-0.15, -0.1) is 0 Å². The van der Waals surface area contributed by atoms with E-state index in [9.17, 15) is 34.5 Å². The van der Waals surface area contributed by atoms with E-state index in [2.05, 4.69) is 10.6 Å². The van der Waals surface area contributed by atoms with Gasteiger partial charge in [0.2, 0.25) is 0 Å². The van der Waals surface area contributed by atoms with Crippen LogP contribution in [0.15, 0.2) is 72.8 Å². The number of benzene rings is 4. The van der Waals surface area contributed by atoms with Crippen molar-refractivity contribution in [2.75, 3.05) is 10.6 Å². The zero-order valence-electron chi connectivity index (χ0n) is 21.8. The molecule has 0 aliphatic heterocycles. The van der Waals surface area contributed by atoms with Crippen LogP contribution in [0.1, 0.15) is 42.2 Å². The first-order chi connectivity index (χ1) is 19.5. The third-order valence-electron chi connectivity index (χ3n) is 6.00. The van der Waals surface area contributed by atoms with Gasteiger partial charge < -0.3 is 35.4 Å². The summed E-state index contributed by atoms with van der Waals surface area (Å²) in [5, 5.41) is 34.9. The Morgan fingerprint density at radius 3 is 1.68 bits per heavy atom. The first kappa shape index (κ1) is 28.2. The highest BCUT2D eigenvalue weighted by Gasteiger charge is 2.15. The molecule has 0 saturated carbocycles. The third-order valence-corrected chi connectivity index (χ3v) is 6.00. The minimum atomic E-state index is -1.11. The molecule has 5 N–H and O–H groups in total. The molecule has 0 aromatic heterocycles. The molecule has 11 heteroatoms. The number of phenolic OH excluding ortho intramolecular Hbond substituents is 2. The Labute approximate surface area is 233 Å². The number of hydrogen-bond acceptors (Lipinski definition) is 8. The quantitative estimate of drug-likeness (QED) is 0.136. The van der Waals surface area contributed by atoms with Crippen molar-refractivity contribution >= 4 is 35.6 Å². The molecule has 4 aromatic carbocycles. The van der Waals surface area contributed by atoms with E-state index in [0.29, 0.717) is 23.3 Å². The molecular formula is C30H24N2O9. The largest absolute Gasteiger partial charge is 0.506 e. The zero-order valence-corrected chi connectivity index (χ0v) is 21.8. The Bertz CT molecular complexity index is 1680. The number of carbonyl (C=O) groups excluding carboxylic acids is 3. The second-order valence-electron chi connectivity index (χ2n) is 8.90. The molecule has 4 aromatic rings. The monoisotopic (exact) mass is 556 g/mol. The smallest absolute Gasteiger partial charge is 0.335 e. The Kier molecular flexibility index (Phi) is 8.18. The second-order valence-corrected chi connectivity index (χ2v) is 8.90. The summed E-state index contributed by atoms with van der Waals surface area (Å²) in [5.74, 6) is -1.90. The number of ether oxygens (including phenoxy) is 2. The fourth-order valence-electron chi connectivity index (χ4n) is 3.90. The minimum Gasteiger partial charge on any atom is -0.506 e. The molecule has 0 radical (unpaired) electrons. The van der Waals surface area contributed by atoms with Gasteiger partial charge in [-0.3, -0.25) is 14.4 Å². The predicted molar refractivity (Wildman–Crippen MR) is 148 cm³/mol. The van der Waals surface area contributed by atoms with Gasteiger partial charge in [-0.2, -0.15) is 0 Å². The van der Waals surface area contributed by atoms with Crippen molar-refractivity contribution in [1.29, 1.82) is 0 Å². The summed E-state index contributed by atoms with van der Waals surface area (Å²) in [7, 11) is 0. The van der Waals surface area contributed by atoms with Crippen LogP contribution < -0.4 is 20.1 Å². The van der Waals surface area contributed by atoms with E-state index >= 15 is 0 Å². The number of hydrogen-bond donors (Lipinski definition) is 5. The number of aromatic carboxylic acids is 1. The standard InChI is InChI=1S/C30H24N2O9/c1-16-11-18(3-7-22(16)30(38)39)28(36)31-23-13-20(5-8-25(23)34)41-21-6-9-26(35)24(14-21)32-29(37)19-4-10-27(40-15-33)17(2)12-19/h3-15,34-35H,1-2H3,(H,31,36)(H,32,37)(H,38,39). The van der Waals surface area contributed by atoms with E-state index in [-0.39, 0.29) is 51.1 Å². The number of aromatic hydroxyl groups is 2. The summed E-state index contributed by atoms with van der Waals surface area (Å²) >= 11 is 0. The fraction of sp³-hybridized carbons (Fsp3) is 0.0667. The molecule has 0 fully saturated rings. The van der Waals surface area contributed by atoms with Gasteiger partial charge in [0, 0.05) is 23.3 Å². The molecule has 0 aliphatic carbocycles. The van der Waals surface area contributed by atoms with E-state index < -0.39 is 17.8 Å². The summed E-state index contributed by atoms with van der Waals surface area (Å²) in [6.45, 7) is 3.53. The number of carboxylic acid groups (broad SMARTS) is 1. The maximum atomic E-state index is 12.8. The lowest BCUT2D eigenvalue weighted by Crippen LogP contribution is -2.13. The average molecular weight is 557 g/mol. The van der Waals surface area contributed by atoms with E-state index in [4.69, 9.17) is 9.47 Å². The molecule has 4 rings (SSSR count). The molecule has 0 aliphatic rings. The molecule has 0 heterocycles. The van der Waals surface area contributed by atoms with Gasteiger partial charge in [-0.25, -0.2) is 4.79 Å². The maximum Gasteiger partial charge on any atom is 0.335 e. The molecular weight excluding hydrogens is 532 g/mol. The van der Waals surface area contributed by atoms with Crippen LogP contribution >= 0.6 is 0 Å². The SMILES string of the molecule is Cc1cc(C(=O)Nc2cc(Oc3ccc(O)c(NC(=O)c4ccc(C(=O)O)c(C)c4)c3)ccc2O)ccc1OC=O. The second kappa shape index (κ2) is 11.9. The van der Waals surface area contributed by atoms with Crippen LogP contribution in [0.2, 0.25) is 0 Å². The van der Waals surface area contributed by atoms with E-state index in [1.165, 1.54) is 72.8 Å². The first-order valence-electron chi connectivity index (χ1n) is 12.1. The summed E-state index contributed by atoms with van der Waals surface area (Å²) in [5.41, 5.74) is 1.59. The number of rotatable bonds is 9. The molecule has 0 bridgehead atoms. The Hall–Kier alpha value is -5.84. The van der Waals surface area contributed by atoms with Crippen LogP contribution in [0, 0.1) is 13.8 Å². The molecule has 2 amide bonds. The lowest BCUT2D eigenvalue weighted by molar-refractivity contribution is -0.120. The molecule has 0 spiro atoms. The number of amides is 2. The van der Waals surface area contributed by atoms with Gasteiger partial charge in [-0.1, -0.05) is 0 Å². The van der Waals surface area contributed by atoms with E-state index in [1.807, 2.05) is 0 Å². The number of carboxylic acids is 1. The fourth-order valence-corrected chi connectivity index (χ4v) is 3.90. The molecule has 0 saturated heterocycles. The number of phenols is 2. The van der Waals surface area contributed by atoms with Gasteiger partial charge >= 0.3 is 5.97 Å². The van der Waals surface area contributed by atoms with E-state index in [0.717, 1.165) is 0 Å². The van der Waals surface area contributed by atoms with Crippen LogP contribution in [0.4, 0.5) is 11.4 Å². The van der Waals surface area contributed by atoms with Crippen molar-refractivity contribution < 1.29 is 44.0 Å². The van der Waals surface area contributed by atoms with Crippen LogP contribution in [-0.4, -0.2) is 39.6 Å². The number of nitrogens with one attached hydrogen (secondary N) is 2. The molecule has 208 valence electrons. The highest BCUT2D eigenvalue weighted by molar-refractivity contribution is 6.06. The van der Waals surface area contributed by atoms with Crippen molar-refractivity contribution in [2.24, 2.45) is 0 Å². The maximum absolute atomic E-state index is 12.8. The van der Waals surface area contributed by atoms with Crippen molar-refractivity contribution in [2.45, 2.75) is 13.8 Å².